The molecule has 1 aromatic heterocycles. The lowest BCUT2D eigenvalue weighted by Gasteiger charge is -2.04. The number of hydrogen-bond acceptors (Lipinski definition) is 5. The molecule has 1 rings (SSSR count). The van der Waals surface area contributed by atoms with Gasteiger partial charge in [-0.1, -0.05) is 20.8 Å². The summed E-state index contributed by atoms with van der Waals surface area (Å²) in [7, 11) is 0. The van der Waals surface area contributed by atoms with Crippen molar-refractivity contribution in [3.63, 3.8) is 0 Å². The van der Waals surface area contributed by atoms with Crippen molar-refractivity contribution in [3.8, 4) is 0 Å². The molecule has 4 nitrogen and oxygen atoms in total. The van der Waals surface area contributed by atoms with Gasteiger partial charge in [0.1, 0.15) is 9.88 Å². The van der Waals surface area contributed by atoms with Crippen molar-refractivity contribution in [2.24, 2.45) is 5.73 Å². The van der Waals surface area contributed by atoms with Crippen molar-refractivity contribution < 1.29 is 9.53 Å². The van der Waals surface area contributed by atoms with Crippen molar-refractivity contribution in [2.75, 3.05) is 6.61 Å². The molecule has 0 fully saturated rings. The van der Waals surface area contributed by atoms with Gasteiger partial charge in [0, 0.05) is 0 Å². The highest BCUT2D eigenvalue weighted by Crippen LogP contribution is 2.29. The number of carbonyl (C=O) groups is 1. The summed E-state index contributed by atoms with van der Waals surface area (Å²) < 4.78 is 5.04. The first-order valence-electron chi connectivity index (χ1n) is 5.94. The van der Waals surface area contributed by atoms with Crippen molar-refractivity contribution >= 4 is 17.3 Å². The van der Waals surface area contributed by atoms with Crippen LogP contribution in [0, 0.1) is 0 Å². The van der Waals surface area contributed by atoms with Crippen LogP contribution in [0.4, 0.5) is 0 Å². The van der Waals surface area contributed by atoms with Crippen molar-refractivity contribution in [1.82, 2.24) is 4.98 Å². The monoisotopic (exact) mass is 256 g/mol. The van der Waals surface area contributed by atoms with Crippen molar-refractivity contribution in [3.05, 3.63) is 15.6 Å². The number of nitrogens with zero attached hydrogens (tertiary/aromatic N) is 1. The van der Waals surface area contributed by atoms with Crippen LogP contribution in [-0.2, 0) is 4.74 Å². The maximum Gasteiger partial charge on any atom is 0.350 e. The van der Waals surface area contributed by atoms with E-state index >= 15 is 0 Å². The molecule has 0 aliphatic heterocycles. The fraction of sp³-hybridized carbons (Fsp3) is 0.667. The smallest absolute Gasteiger partial charge is 0.350 e. The molecule has 1 heterocycles. The van der Waals surface area contributed by atoms with Crippen molar-refractivity contribution in [1.29, 1.82) is 0 Å². The van der Waals surface area contributed by atoms with Gasteiger partial charge < -0.3 is 10.5 Å². The highest BCUT2D eigenvalue weighted by molar-refractivity contribution is 7.13. The van der Waals surface area contributed by atoms with Gasteiger partial charge in [0.15, 0.2) is 0 Å². The topological polar surface area (TPSA) is 65.2 Å². The Labute approximate surface area is 106 Å². The van der Waals surface area contributed by atoms with Crippen LogP contribution < -0.4 is 5.73 Å². The molecule has 0 spiro atoms. The van der Waals surface area contributed by atoms with E-state index in [0.29, 0.717) is 11.5 Å². The quantitative estimate of drug-likeness (QED) is 0.823. The SMILES string of the molecule is CCOC(=O)c1sc(C(N)CC)nc1C(C)C. The van der Waals surface area contributed by atoms with Crippen LogP contribution in [0.3, 0.4) is 0 Å². The van der Waals surface area contributed by atoms with E-state index in [1.165, 1.54) is 11.3 Å². The number of rotatable bonds is 5. The first-order valence-corrected chi connectivity index (χ1v) is 6.76. The molecule has 1 unspecified atom stereocenters. The van der Waals surface area contributed by atoms with Gasteiger partial charge in [-0.2, -0.15) is 0 Å². The zero-order valence-corrected chi connectivity index (χ0v) is 11.6. The predicted octanol–water partition coefficient (Wildman–Crippen LogP) is 2.85. The Hall–Kier alpha value is -0.940. The minimum atomic E-state index is -0.289. The molecule has 0 amide bonds. The van der Waals surface area contributed by atoms with Crippen LogP contribution in [0.15, 0.2) is 0 Å². The van der Waals surface area contributed by atoms with E-state index in [0.717, 1.165) is 17.1 Å². The Kier molecular flexibility index (Phi) is 5.08. The third-order valence-electron chi connectivity index (χ3n) is 2.43. The molecule has 17 heavy (non-hydrogen) atoms. The van der Waals surface area contributed by atoms with Gasteiger partial charge in [0.25, 0.3) is 0 Å². The van der Waals surface area contributed by atoms with E-state index in [4.69, 9.17) is 10.5 Å². The maximum absolute atomic E-state index is 11.8. The summed E-state index contributed by atoms with van der Waals surface area (Å²) >= 11 is 1.36. The summed E-state index contributed by atoms with van der Waals surface area (Å²) in [4.78, 5) is 16.9. The predicted molar refractivity (Wildman–Crippen MR) is 69.4 cm³/mol. The summed E-state index contributed by atoms with van der Waals surface area (Å²) in [5, 5.41) is 0.819. The van der Waals surface area contributed by atoms with Gasteiger partial charge in [-0.05, 0) is 19.3 Å². The number of hydrogen-bond donors (Lipinski definition) is 1. The lowest BCUT2D eigenvalue weighted by Crippen LogP contribution is -2.08. The first kappa shape index (κ1) is 14.1. The van der Waals surface area contributed by atoms with Crippen LogP contribution in [-0.4, -0.2) is 17.6 Å². The standard InChI is InChI=1S/C12H20N2O2S/c1-5-8(13)11-14-9(7(3)4)10(17-11)12(15)16-6-2/h7-8H,5-6,13H2,1-4H3. The Bertz CT molecular complexity index is 388. The molecule has 1 atom stereocenters. The molecule has 0 bridgehead atoms. The molecule has 0 saturated heterocycles. The van der Waals surface area contributed by atoms with E-state index in [9.17, 15) is 4.79 Å². The van der Waals surface area contributed by atoms with Gasteiger partial charge in [-0.3, -0.25) is 0 Å². The minimum Gasteiger partial charge on any atom is -0.462 e. The number of thiazole rings is 1. The molecule has 0 aliphatic rings. The third kappa shape index (κ3) is 3.26. The summed E-state index contributed by atoms with van der Waals surface area (Å²) in [6.07, 6.45) is 0.813. The molecule has 96 valence electrons. The van der Waals surface area contributed by atoms with E-state index in [2.05, 4.69) is 4.98 Å². The van der Waals surface area contributed by atoms with Gasteiger partial charge >= 0.3 is 5.97 Å². The molecule has 0 aromatic carbocycles. The van der Waals surface area contributed by atoms with E-state index < -0.39 is 0 Å². The number of ether oxygens (including phenoxy) is 1. The fourth-order valence-electron chi connectivity index (χ4n) is 1.42. The Morgan fingerprint density at radius 2 is 2.12 bits per heavy atom. The van der Waals surface area contributed by atoms with Gasteiger partial charge in [-0.15, -0.1) is 11.3 Å². The molecule has 1 aromatic rings. The molecule has 2 N–H and O–H groups in total. The Morgan fingerprint density at radius 3 is 2.59 bits per heavy atom. The fourth-order valence-corrected chi connectivity index (χ4v) is 2.62. The van der Waals surface area contributed by atoms with Crippen molar-refractivity contribution in [2.45, 2.75) is 46.1 Å². The molecule has 0 radical (unpaired) electrons. The van der Waals surface area contributed by atoms with Crippen LogP contribution >= 0.6 is 11.3 Å². The van der Waals surface area contributed by atoms with Crippen LogP contribution in [0.5, 0.6) is 0 Å². The second-order valence-electron chi connectivity index (χ2n) is 4.16. The largest absolute Gasteiger partial charge is 0.462 e. The number of nitrogens with two attached hydrogens (primary N) is 1. The maximum atomic E-state index is 11.8. The number of carbonyl (C=O) groups excluding carboxylic acids is 1. The lowest BCUT2D eigenvalue weighted by molar-refractivity contribution is 0.0530. The minimum absolute atomic E-state index is 0.0966. The lowest BCUT2D eigenvalue weighted by atomic mass is 10.1. The summed E-state index contributed by atoms with van der Waals surface area (Å²) in [6, 6.07) is -0.0966. The van der Waals surface area contributed by atoms with Crippen LogP contribution in [0.2, 0.25) is 0 Å². The summed E-state index contributed by atoms with van der Waals surface area (Å²) in [6.45, 7) is 8.21. The van der Waals surface area contributed by atoms with E-state index in [1.54, 1.807) is 6.92 Å². The normalized spacial score (nSPS) is 12.8. The zero-order chi connectivity index (χ0) is 13.0. The summed E-state index contributed by atoms with van der Waals surface area (Å²) in [5.41, 5.74) is 6.75. The number of aromatic nitrogens is 1. The van der Waals surface area contributed by atoms with Crippen LogP contribution in [0.25, 0.3) is 0 Å². The highest BCUT2D eigenvalue weighted by Gasteiger charge is 2.22. The molecular weight excluding hydrogens is 236 g/mol. The molecular formula is C12H20N2O2S. The van der Waals surface area contributed by atoms with Gasteiger partial charge in [0.05, 0.1) is 18.3 Å². The Balaban J connectivity index is 3.09. The Morgan fingerprint density at radius 1 is 1.47 bits per heavy atom. The molecule has 0 saturated carbocycles. The third-order valence-corrected chi connectivity index (χ3v) is 3.62. The number of esters is 1. The molecule has 0 aliphatic carbocycles. The van der Waals surface area contributed by atoms with Crippen LogP contribution in [0.1, 0.15) is 66.4 Å². The first-order chi connectivity index (χ1) is 8.01. The second-order valence-corrected chi connectivity index (χ2v) is 5.19. The average Bonchev–Trinajstić information content (AvgIpc) is 2.73. The average molecular weight is 256 g/mol. The zero-order valence-electron chi connectivity index (χ0n) is 10.8. The second kappa shape index (κ2) is 6.12. The van der Waals surface area contributed by atoms with Gasteiger partial charge in [-0.25, -0.2) is 9.78 Å². The summed E-state index contributed by atoms with van der Waals surface area (Å²) in [5.74, 6) is -0.0910. The van der Waals surface area contributed by atoms with E-state index in [1.807, 2.05) is 20.8 Å². The highest BCUT2D eigenvalue weighted by atomic mass is 32.1. The molecule has 5 heteroatoms. The van der Waals surface area contributed by atoms with E-state index in [-0.39, 0.29) is 17.9 Å². The van der Waals surface area contributed by atoms with Gasteiger partial charge in [0.2, 0.25) is 0 Å².